The van der Waals surface area contributed by atoms with Crippen LogP contribution in [0.2, 0.25) is 5.28 Å². The molecule has 84 valence electrons. The van der Waals surface area contributed by atoms with Gasteiger partial charge in [0.25, 0.3) is 0 Å². The third-order valence-electron chi connectivity index (χ3n) is 1.78. The van der Waals surface area contributed by atoms with E-state index in [9.17, 15) is 0 Å². The molecule has 2 N–H and O–H groups in total. The smallest absolute Gasteiger partial charge is 0.222 e. The summed E-state index contributed by atoms with van der Waals surface area (Å²) in [5.41, 5.74) is 8.87. The molecule has 0 atom stereocenters. The van der Waals surface area contributed by atoms with Gasteiger partial charge in [-0.2, -0.15) is 0 Å². The van der Waals surface area contributed by atoms with Gasteiger partial charge in [-0.05, 0) is 54.8 Å². The Hall–Kier alpha value is -1.61. The average molecular weight is 236 g/mol. The van der Waals surface area contributed by atoms with E-state index < -0.39 is 0 Å². The fourth-order valence-corrected chi connectivity index (χ4v) is 1.40. The SMILES string of the molecule is Cc1cc(C)cc(N)c1.Clc1ncccn1. The number of nitrogens with zero attached hydrogens (tertiary/aromatic N) is 2. The Kier molecular flexibility index (Phi) is 4.73. The van der Waals surface area contributed by atoms with E-state index in [0.717, 1.165) is 5.69 Å². The largest absolute Gasteiger partial charge is 0.399 e. The minimum Gasteiger partial charge on any atom is -0.399 e. The summed E-state index contributed by atoms with van der Waals surface area (Å²) in [5.74, 6) is 0. The topological polar surface area (TPSA) is 51.8 Å². The molecular formula is C12H14ClN3. The first-order valence-corrected chi connectivity index (χ1v) is 5.22. The van der Waals surface area contributed by atoms with Gasteiger partial charge in [0.1, 0.15) is 0 Å². The summed E-state index contributed by atoms with van der Waals surface area (Å²) in [6.07, 6.45) is 3.19. The molecule has 0 bridgehead atoms. The van der Waals surface area contributed by atoms with E-state index in [-0.39, 0.29) is 0 Å². The minimum absolute atomic E-state index is 0.294. The van der Waals surface area contributed by atoms with Crippen LogP contribution >= 0.6 is 11.6 Å². The third-order valence-corrected chi connectivity index (χ3v) is 1.97. The Morgan fingerprint density at radius 2 is 1.50 bits per heavy atom. The molecule has 2 rings (SSSR count). The summed E-state index contributed by atoms with van der Waals surface area (Å²) in [6.45, 7) is 4.09. The Morgan fingerprint density at radius 3 is 1.81 bits per heavy atom. The summed E-state index contributed by atoms with van der Waals surface area (Å²) < 4.78 is 0. The van der Waals surface area contributed by atoms with Crippen LogP contribution in [0.5, 0.6) is 0 Å². The van der Waals surface area contributed by atoms with Crippen LogP contribution in [0.4, 0.5) is 5.69 Å². The quantitative estimate of drug-likeness (QED) is 0.564. The van der Waals surface area contributed by atoms with Gasteiger partial charge >= 0.3 is 0 Å². The first kappa shape index (κ1) is 12.5. The van der Waals surface area contributed by atoms with Crippen molar-refractivity contribution >= 4 is 17.3 Å². The van der Waals surface area contributed by atoms with Crippen molar-refractivity contribution in [3.63, 3.8) is 0 Å². The normalized spacial score (nSPS) is 9.19. The molecule has 0 unspecified atom stereocenters. The lowest BCUT2D eigenvalue weighted by Crippen LogP contribution is -1.86. The lowest BCUT2D eigenvalue weighted by molar-refractivity contribution is 1.17. The van der Waals surface area contributed by atoms with Crippen molar-refractivity contribution < 1.29 is 0 Å². The number of hydrogen-bond acceptors (Lipinski definition) is 3. The van der Waals surface area contributed by atoms with Crippen LogP contribution in [0.25, 0.3) is 0 Å². The van der Waals surface area contributed by atoms with Crippen molar-refractivity contribution in [3.05, 3.63) is 53.1 Å². The Bertz CT molecular complexity index is 393. The molecule has 2 aromatic rings. The molecule has 1 heterocycles. The van der Waals surface area contributed by atoms with Gasteiger partial charge in [-0.3, -0.25) is 0 Å². The number of aryl methyl sites for hydroxylation is 2. The van der Waals surface area contributed by atoms with Crippen molar-refractivity contribution in [1.82, 2.24) is 9.97 Å². The molecule has 0 radical (unpaired) electrons. The van der Waals surface area contributed by atoms with Gasteiger partial charge in [-0.25, -0.2) is 9.97 Å². The second-order valence-corrected chi connectivity index (χ2v) is 3.78. The van der Waals surface area contributed by atoms with E-state index in [0.29, 0.717) is 5.28 Å². The number of rotatable bonds is 0. The number of hydrogen-bond donors (Lipinski definition) is 1. The van der Waals surface area contributed by atoms with Gasteiger partial charge in [0.05, 0.1) is 0 Å². The Balaban J connectivity index is 0.000000165. The maximum atomic E-state index is 5.56. The van der Waals surface area contributed by atoms with Crippen LogP contribution in [0.15, 0.2) is 36.7 Å². The Labute approximate surface area is 100 Å². The lowest BCUT2D eigenvalue weighted by Gasteiger charge is -1.97. The summed E-state index contributed by atoms with van der Waals surface area (Å²) in [4.78, 5) is 7.27. The first-order valence-electron chi connectivity index (χ1n) is 4.84. The van der Waals surface area contributed by atoms with Crippen LogP contribution < -0.4 is 5.73 Å². The Morgan fingerprint density at radius 1 is 1.00 bits per heavy atom. The van der Waals surface area contributed by atoms with Crippen LogP contribution in [0, 0.1) is 13.8 Å². The highest BCUT2D eigenvalue weighted by atomic mass is 35.5. The molecule has 0 spiro atoms. The predicted octanol–water partition coefficient (Wildman–Crippen LogP) is 3.02. The highest BCUT2D eigenvalue weighted by molar-refractivity contribution is 6.28. The summed E-state index contributed by atoms with van der Waals surface area (Å²) in [7, 11) is 0. The molecule has 1 aromatic carbocycles. The highest BCUT2D eigenvalue weighted by Gasteiger charge is 1.87. The number of anilines is 1. The minimum atomic E-state index is 0.294. The van der Waals surface area contributed by atoms with E-state index in [2.05, 4.69) is 16.0 Å². The van der Waals surface area contributed by atoms with Gasteiger partial charge in [0.2, 0.25) is 5.28 Å². The van der Waals surface area contributed by atoms with Crippen LogP contribution in [-0.4, -0.2) is 9.97 Å². The van der Waals surface area contributed by atoms with Crippen molar-refractivity contribution in [1.29, 1.82) is 0 Å². The second kappa shape index (κ2) is 6.08. The van der Waals surface area contributed by atoms with Crippen molar-refractivity contribution in [2.24, 2.45) is 0 Å². The fourth-order valence-electron chi connectivity index (χ4n) is 1.29. The zero-order valence-corrected chi connectivity index (χ0v) is 10.1. The van der Waals surface area contributed by atoms with Crippen LogP contribution in [0.1, 0.15) is 11.1 Å². The molecule has 0 amide bonds. The van der Waals surface area contributed by atoms with E-state index >= 15 is 0 Å². The van der Waals surface area contributed by atoms with E-state index in [1.807, 2.05) is 26.0 Å². The zero-order valence-electron chi connectivity index (χ0n) is 9.31. The summed E-state index contributed by atoms with van der Waals surface area (Å²) >= 11 is 5.32. The molecule has 0 saturated heterocycles. The molecular weight excluding hydrogens is 222 g/mol. The van der Waals surface area contributed by atoms with E-state index in [1.165, 1.54) is 11.1 Å². The maximum Gasteiger partial charge on any atom is 0.222 e. The highest BCUT2D eigenvalue weighted by Crippen LogP contribution is 2.08. The third kappa shape index (κ3) is 4.75. The number of halogens is 1. The molecule has 3 nitrogen and oxygen atoms in total. The zero-order chi connectivity index (χ0) is 12.0. The summed E-state index contributed by atoms with van der Waals surface area (Å²) in [5, 5.41) is 0.294. The number of aromatic nitrogens is 2. The van der Waals surface area contributed by atoms with Crippen molar-refractivity contribution in [3.8, 4) is 0 Å². The van der Waals surface area contributed by atoms with Gasteiger partial charge in [0.15, 0.2) is 0 Å². The molecule has 4 heteroatoms. The van der Waals surface area contributed by atoms with Crippen molar-refractivity contribution in [2.75, 3.05) is 5.73 Å². The standard InChI is InChI=1S/C8H11N.C4H3ClN2/c1-6-3-7(2)5-8(9)4-6;5-4-6-2-1-3-7-4/h3-5H,9H2,1-2H3;1-3H. The second-order valence-electron chi connectivity index (χ2n) is 3.44. The lowest BCUT2D eigenvalue weighted by atomic mass is 10.1. The molecule has 0 saturated carbocycles. The van der Waals surface area contributed by atoms with Gasteiger partial charge in [-0.1, -0.05) is 6.07 Å². The van der Waals surface area contributed by atoms with Crippen molar-refractivity contribution in [2.45, 2.75) is 13.8 Å². The molecule has 0 aliphatic carbocycles. The maximum absolute atomic E-state index is 5.56. The van der Waals surface area contributed by atoms with Gasteiger partial charge in [-0.15, -0.1) is 0 Å². The number of nitrogen functional groups attached to an aromatic ring is 1. The summed E-state index contributed by atoms with van der Waals surface area (Å²) in [6, 6.07) is 7.75. The number of nitrogens with two attached hydrogens (primary N) is 1. The van der Waals surface area contributed by atoms with Gasteiger partial charge in [0, 0.05) is 18.1 Å². The molecule has 16 heavy (non-hydrogen) atoms. The molecule has 0 aliphatic heterocycles. The predicted molar refractivity (Wildman–Crippen MR) is 67.4 cm³/mol. The monoisotopic (exact) mass is 235 g/mol. The van der Waals surface area contributed by atoms with Crippen LogP contribution in [-0.2, 0) is 0 Å². The molecule has 0 fully saturated rings. The van der Waals surface area contributed by atoms with E-state index in [4.69, 9.17) is 17.3 Å². The molecule has 0 aliphatic rings. The average Bonchev–Trinajstić information content (AvgIpc) is 2.17. The molecule has 1 aromatic heterocycles. The van der Waals surface area contributed by atoms with E-state index in [1.54, 1.807) is 18.5 Å². The number of benzene rings is 1. The first-order chi connectivity index (χ1) is 7.58. The fraction of sp³-hybridized carbons (Fsp3) is 0.167. The van der Waals surface area contributed by atoms with Gasteiger partial charge < -0.3 is 5.73 Å². The van der Waals surface area contributed by atoms with Crippen LogP contribution in [0.3, 0.4) is 0 Å².